The Morgan fingerprint density at radius 3 is 2.32 bits per heavy atom. The van der Waals surface area contributed by atoms with E-state index in [4.69, 9.17) is 5.11 Å². The Bertz CT molecular complexity index is 336. The Balaban J connectivity index is 1.83. The third-order valence-electron chi connectivity index (χ3n) is 4.87. The standard InChI is InChI=1S/C15H25NO3/c1-10(11-5-2-3-6-11)16-14(17)12-7-4-8-13(9-12)15(18)19/h10-13H,2-9H2,1H3,(H,16,17)(H,18,19). The molecule has 2 saturated carbocycles. The molecule has 4 heteroatoms. The van der Waals surface area contributed by atoms with Gasteiger partial charge < -0.3 is 10.4 Å². The fraction of sp³-hybridized carbons (Fsp3) is 0.867. The zero-order valence-corrected chi connectivity index (χ0v) is 11.7. The van der Waals surface area contributed by atoms with Gasteiger partial charge in [0.15, 0.2) is 0 Å². The molecule has 0 spiro atoms. The number of carboxylic acids is 1. The van der Waals surface area contributed by atoms with E-state index in [2.05, 4.69) is 12.2 Å². The van der Waals surface area contributed by atoms with Crippen molar-refractivity contribution in [2.24, 2.45) is 17.8 Å². The lowest BCUT2D eigenvalue weighted by Gasteiger charge is -2.28. The third kappa shape index (κ3) is 3.71. The minimum atomic E-state index is -0.749. The van der Waals surface area contributed by atoms with Gasteiger partial charge in [-0.3, -0.25) is 9.59 Å². The van der Waals surface area contributed by atoms with E-state index in [0.717, 1.165) is 19.3 Å². The first-order valence-electron chi connectivity index (χ1n) is 7.61. The van der Waals surface area contributed by atoms with Crippen molar-refractivity contribution in [3.8, 4) is 0 Å². The molecule has 0 aromatic heterocycles. The predicted octanol–water partition coefficient (Wildman–Crippen LogP) is 2.57. The summed E-state index contributed by atoms with van der Waals surface area (Å²) in [7, 11) is 0. The third-order valence-corrected chi connectivity index (χ3v) is 4.87. The second-order valence-corrected chi connectivity index (χ2v) is 6.24. The van der Waals surface area contributed by atoms with Crippen molar-refractivity contribution in [2.45, 2.75) is 64.3 Å². The lowest BCUT2D eigenvalue weighted by Crippen LogP contribution is -2.42. The summed E-state index contributed by atoms with van der Waals surface area (Å²) in [5.41, 5.74) is 0. The van der Waals surface area contributed by atoms with Gasteiger partial charge in [0.1, 0.15) is 0 Å². The summed E-state index contributed by atoms with van der Waals surface area (Å²) in [6.07, 6.45) is 7.90. The van der Waals surface area contributed by atoms with E-state index in [0.29, 0.717) is 12.3 Å². The summed E-state index contributed by atoms with van der Waals surface area (Å²) in [5, 5.41) is 12.2. The largest absolute Gasteiger partial charge is 0.481 e. The van der Waals surface area contributed by atoms with Crippen LogP contribution in [-0.2, 0) is 9.59 Å². The van der Waals surface area contributed by atoms with E-state index in [1.165, 1.54) is 25.7 Å². The minimum Gasteiger partial charge on any atom is -0.481 e. The Morgan fingerprint density at radius 1 is 1.05 bits per heavy atom. The molecule has 2 aliphatic rings. The van der Waals surface area contributed by atoms with Gasteiger partial charge in [0, 0.05) is 12.0 Å². The van der Waals surface area contributed by atoms with Crippen molar-refractivity contribution in [2.75, 3.05) is 0 Å². The van der Waals surface area contributed by atoms with Crippen LogP contribution in [0.2, 0.25) is 0 Å². The zero-order chi connectivity index (χ0) is 13.8. The summed E-state index contributed by atoms with van der Waals surface area (Å²) in [5.74, 6) is -0.487. The Labute approximate surface area is 115 Å². The summed E-state index contributed by atoms with van der Waals surface area (Å²) in [6.45, 7) is 2.09. The van der Waals surface area contributed by atoms with Crippen molar-refractivity contribution in [1.82, 2.24) is 5.32 Å². The molecular formula is C15H25NO3. The summed E-state index contributed by atoms with van der Waals surface area (Å²) in [6, 6.07) is 0.236. The topological polar surface area (TPSA) is 66.4 Å². The minimum absolute atomic E-state index is 0.0744. The molecule has 2 N–H and O–H groups in total. The quantitative estimate of drug-likeness (QED) is 0.822. The highest BCUT2D eigenvalue weighted by Crippen LogP contribution is 2.31. The molecule has 2 fully saturated rings. The molecule has 3 unspecified atom stereocenters. The van der Waals surface area contributed by atoms with Crippen LogP contribution in [-0.4, -0.2) is 23.0 Å². The van der Waals surface area contributed by atoms with Crippen molar-refractivity contribution in [1.29, 1.82) is 0 Å². The number of amides is 1. The van der Waals surface area contributed by atoms with Gasteiger partial charge >= 0.3 is 5.97 Å². The average molecular weight is 267 g/mol. The summed E-state index contributed by atoms with van der Waals surface area (Å²) >= 11 is 0. The molecule has 1 amide bonds. The van der Waals surface area contributed by atoms with Crippen LogP contribution >= 0.6 is 0 Å². The number of carboxylic acid groups (broad SMARTS) is 1. The van der Waals surface area contributed by atoms with Crippen molar-refractivity contribution >= 4 is 11.9 Å². The maximum absolute atomic E-state index is 12.2. The maximum atomic E-state index is 12.2. The van der Waals surface area contributed by atoms with Gasteiger partial charge in [0.2, 0.25) is 5.91 Å². The number of hydrogen-bond acceptors (Lipinski definition) is 2. The van der Waals surface area contributed by atoms with E-state index in [-0.39, 0.29) is 23.8 Å². The molecule has 0 aliphatic heterocycles. The first-order chi connectivity index (χ1) is 9.08. The number of carbonyl (C=O) groups excluding carboxylic acids is 1. The number of carbonyl (C=O) groups is 2. The molecular weight excluding hydrogens is 242 g/mol. The molecule has 0 bridgehead atoms. The molecule has 0 radical (unpaired) electrons. The first-order valence-corrected chi connectivity index (χ1v) is 7.61. The van der Waals surface area contributed by atoms with Crippen LogP contribution in [0.25, 0.3) is 0 Å². The van der Waals surface area contributed by atoms with E-state index < -0.39 is 5.97 Å². The second-order valence-electron chi connectivity index (χ2n) is 6.24. The lowest BCUT2D eigenvalue weighted by atomic mass is 9.81. The van der Waals surface area contributed by atoms with Gasteiger partial charge in [-0.15, -0.1) is 0 Å². The highest BCUT2D eigenvalue weighted by Gasteiger charge is 2.32. The monoisotopic (exact) mass is 267 g/mol. The predicted molar refractivity (Wildman–Crippen MR) is 72.6 cm³/mol. The Kier molecular flexibility index (Phi) is 4.83. The van der Waals surface area contributed by atoms with Gasteiger partial charge in [-0.25, -0.2) is 0 Å². The molecule has 2 rings (SSSR count). The van der Waals surface area contributed by atoms with Crippen LogP contribution in [0.1, 0.15) is 58.3 Å². The Morgan fingerprint density at radius 2 is 1.68 bits per heavy atom. The van der Waals surface area contributed by atoms with Crippen molar-refractivity contribution < 1.29 is 14.7 Å². The smallest absolute Gasteiger partial charge is 0.306 e. The van der Waals surface area contributed by atoms with E-state index >= 15 is 0 Å². The van der Waals surface area contributed by atoms with Crippen LogP contribution in [0.3, 0.4) is 0 Å². The van der Waals surface area contributed by atoms with Crippen LogP contribution < -0.4 is 5.32 Å². The zero-order valence-electron chi connectivity index (χ0n) is 11.7. The van der Waals surface area contributed by atoms with E-state index in [9.17, 15) is 9.59 Å². The van der Waals surface area contributed by atoms with Crippen LogP contribution in [0.15, 0.2) is 0 Å². The molecule has 19 heavy (non-hydrogen) atoms. The molecule has 0 saturated heterocycles. The maximum Gasteiger partial charge on any atom is 0.306 e. The Hall–Kier alpha value is -1.06. The van der Waals surface area contributed by atoms with Gasteiger partial charge in [-0.05, 0) is 44.9 Å². The number of rotatable bonds is 4. The molecule has 108 valence electrons. The van der Waals surface area contributed by atoms with Crippen molar-refractivity contribution in [3.63, 3.8) is 0 Å². The van der Waals surface area contributed by atoms with E-state index in [1.807, 2.05) is 0 Å². The van der Waals surface area contributed by atoms with Crippen LogP contribution in [0.4, 0.5) is 0 Å². The van der Waals surface area contributed by atoms with Gasteiger partial charge in [0.25, 0.3) is 0 Å². The fourth-order valence-electron chi connectivity index (χ4n) is 3.57. The number of nitrogens with one attached hydrogen (secondary N) is 1. The van der Waals surface area contributed by atoms with Crippen molar-refractivity contribution in [3.05, 3.63) is 0 Å². The molecule has 0 aromatic carbocycles. The fourth-order valence-corrected chi connectivity index (χ4v) is 3.57. The molecule has 0 aromatic rings. The first kappa shape index (κ1) is 14.4. The van der Waals surface area contributed by atoms with Gasteiger partial charge in [0.05, 0.1) is 5.92 Å². The van der Waals surface area contributed by atoms with Crippen LogP contribution in [0, 0.1) is 17.8 Å². The average Bonchev–Trinajstić information content (AvgIpc) is 2.92. The second kappa shape index (κ2) is 6.40. The highest BCUT2D eigenvalue weighted by molar-refractivity contribution is 5.80. The van der Waals surface area contributed by atoms with Gasteiger partial charge in [-0.1, -0.05) is 19.3 Å². The normalized spacial score (nSPS) is 29.9. The molecule has 3 atom stereocenters. The molecule has 4 nitrogen and oxygen atoms in total. The molecule has 0 heterocycles. The SMILES string of the molecule is CC(NC(=O)C1CCCC(C(=O)O)C1)C1CCCC1. The number of aliphatic carboxylic acids is 1. The van der Waals surface area contributed by atoms with Gasteiger partial charge in [-0.2, -0.15) is 0 Å². The lowest BCUT2D eigenvalue weighted by molar-refractivity contribution is -0.144. The van der Waals surface area contributed by atoms with Crippen LogP contribution in [0.5, 0.6) is 0 Å². The highest BCUT2D eigenvalue weighted by atomic mass is 16.4. The number of hydrogen-bond donors (Lipinski definition) is 2. The summed E-state index contributed by atoms with van der Waals surface area (Å²) < 4.78 is 0. The summed E-state index contributed by atoms with van der Waals surface area (Å²) in [4.78, 5) is 23.3. The van der Waals surface area contributed by atoms with E-state index in [1.54, 1.807) is 0 Å². The molecule has 2 aliphatic carbocycles.